The van der Waals surface area contributed by atoms with E-state index in [0.717, 1.165) is 16.8 Å². The highest BCUT2D eigenvalue weighted by Crippen LogP contribution is 2.17. The average Bonchev–Trinajstić information content (AvgIpc) is 2.94. The van der Waals surface area contributed by atoms with E-state index in [-0.39, 0.29) is 24.5 Å². The summed E-state index contributed by atoms with van der Waals surface area (Å²) in [6.45, 7) is 3.93. The zero-order chi connectivity index (χ0) is 14.5. The van der Waals surface area contributed by atoms with Crippen molar-refractivity contribution in [1.29, 1.82) is 0 Å². The number of amides is 1. The summed E-state index contributed by atoms with van der Waals surface area (Å²) in [5.74, 6) is -0.0975. The molecule has 0 atom stereocenters. The van der Waals surface area contributed by atoms with Gasteiger partial charge in [0.05, 0.1) is 4.88 Å². The number of ketones is 1. The molecule has 0 fully saturated rings. The van der Waals surface area contributed by atoms with Crippen molar-refractivity contribution >= 4 is 28.7 Å². The smallest absolute Gasteiger partial charge is 0.224 e. The van der Waals surface area contributed by atoms with Crippen LogP contribution in [0.5, 0.6) is 0 Å². The van der Waals surface area contributed by atoms with Gasteiger partial charge in [0.1, 0.15) is 0 Å². The van der Waals surface area contributed by atoms with Crippen LogP contribution in [0.3, 0.4) is 0 Å². The first-order valence-electron chi connectivity index (χ1n) is 6.50. The van der Waals surface area contributed by atoms with Crippen LogP contribution in [0.25, 0.3) is 0 Å². The molecule has 0 aliphatic rings. The molecule has 0 unspecified atom stereocenters. The molecule has 1 aromatic carbocycles. The molecule has 0 spiro atoms. The Bertz CT molecular complexity index is 617. The topological polar surface area (TPSA) is 46.2 Å². The van der Waals surface area contributed by atoms with Crippen LogP contribution in [0.15, 0.2) is 35.7 Å². The fourth-order valence-corrected chi connectivity index (χ4v) is 2.57. The molecule has 2 aromatic rings. The number of nitrogens with one attached hydrogen (secondary N) is 1. The molecular formula is C16H17NO2S. The molecule has 0 saturated heterocycles. The summed E-state index contributed by atoms with van der Waals surface area (Å²) in [5, 5.41) is 4.73. The Balaban J connectivity index is 1.90. The molecule has 2 rings (SSSR count). The van der Waals surface area contributed by atoms with Gasteiger partial charge in [0.2, 0.25) is 5.91 Å². The number of aryl methyl sites for hydroxylation is 2. The number of thiophene rings is 1. The number of rotatable bonds is 5. The molecule has 1 N–H and O–H groups in total. The molecule has 20 heavy (non-hydrogen) atoms. The maximum atomic E-state index is 11.9. The Hall–Kier alpha value is -1.94. The highest BCUT2D eigenvalue weighted by atomic mass is 32.1. The van der Waals surface area contributed by atoms with Crippen molar-refractivity contribution in [3.05, 3.63) is 51.7 Å². The summed E-state index contributed by atoms with van der Waals surface area (Å²) in [6.07, 6.45) is 0.460. The number of carbonyl (C=O) groups excluding carboxylic acids is 2. The molecule has 0 radical (unpaired) electrons. The fraction of sp³-hybridized carbons (Fsp3) is 0.250. The van der Waals surface area contributed by atoms with Gasteiger partial charge in [-0.25, -0.2) is 0 Å². The molecule has 4 heteroatoms. The van der Waals surface area contributed by atoms with Crippen LogP contribution in [-0.4, -0.2) is 11.7 Å². The summed E-state index contributed by atoms with van der Waals surface area (Å²) in [7, 11) is 0. The Labute approximate surface area is 122 Å². The average molecular weight is 287 g/mol. The van der Waals surface area contributed by atoms with Crippen LogP contribution in [0.4, 0.5) is 5.69 Å². The van der Waals surface area contributed by atoms with Gasteiger partial charge >= 0.3 is 0 Å². The van der Waals surface area contributed by atoms with Crippen LogP contribution < -0.4 is 5.32 Å². The molecule has 1 amide bonds. The molecule has 0 aliphatic heterocycles. The Kier molecular flexibility index (Phi) is 4.69. The predicted molar refractivity (Wildman–Crippen MR) is 82.4 cm³/mol. The second-order valence-corrected chi connectivity index (χ2v) is 5.71. The molecule has 0 bridgehead atoms. The lowest BCUT2D eigenvalue weighted by molar-refractivity contribution is -0.116. The quantitative estimate of drug-likeness (QED) is 0.846. The van der Waals surface area contributed by atoms with Gasteiger partial charge in [-0.05, 0) is 42.5 Å². The van der Waals surface area contributed by atoms with E-state index >= 15 is 0 Å². The van der Waals surface area contributed by atoms with E-state index in [0.29, 0.717) is 4.88 Å². The van der Waals surface area contributed by atoms with Gasteiger partial charge in [0, 0.05) is 18.5 Å². The number of carbonyl (C=O) groups is 2. The van der Waals surface area contributed by atoms with Crippen LogP contribution >= 0.6 is 11.3 Å². The monoisotopic (exact) mass is 287 g/mol. The highest BCUT2D eigenvalue weighted by Gasteiger charge is 2.11. The summed E-state index contributed by atoms with van der Waals surface area (Å²) in [6, 6.07) is 9.55. The standard InChI is InChI=1S/C16H17NO2S/c1-11-5-6-12(2)13(10-11)17-16(19)8-7-14(18)15-4-3-9-20-15/h3-6,9-10H,7-8H2,1-2H3,(H,17,19). The molecular weight excluding hydrogens is 270 g/mol. The Morgan fingerprint density at radius 3 is 2.65 bits per heavy atom. The number of anilines is 1. The number of Topliss-reactive ketones (excluding diaryl/α,β-unsaturated/α-hetero) is 1. The van der Waals surface area contributed by atoms with E-state index < -0.39 is 0 Å². The van der Waals surface area contributed by atoms with Crippen LogP contribution in [-0.2, 0) is 4.79 Å². The molecule has 0 aliphatic carbocycles. The number of hydrogen-bond donors (Lipinski definition) is 1. The third-order valence-electron chi connectivity index (χ3n) is 3.04. The van der Waals surface area contributed by atoms with Crippen molar-refractivity contribution in [2.75, 3.05) is 5.32 Å². The van der Waals surface area contributed by atoms with Crippen molar-refractivity contribution in [2.24, 2.45) is 0 Å². The summed E-state index contributed by atoms with van der Waals surface area (Å²) < 4.78 is 0. The van der Waals surface area contributed by atoms with Crippen LogP contribution in [0, 0.1) is 13.8 Å². The second kappa shape index (κ2) is 6.48. The maximum absolute atomic E-state index is 11.9. The van der Waals surface area contributed by atoms with E-state index in [9.17, 15) is 9.59 Å². The molecule has 1 aromatic heterocycles. The second-order valence-electron chi connectivity index (χ2n) is 4.77. The molecule has 104 valence electrons. The van der Waals surface area contributed by atoms with Gasteiger partial charge < -0.3 is 5.32 Å². The lowest BCUT2D eigenvalue weighted by atomic mass is 10.1. The van der Waals surface area contributed by atoms with Gasteiger partial charge in [0.25, 0.3) is 0 Å². The van der Waals surface area contributed by atoms with Crippen molar-refractivity contribution < 1.29 is 9.59 Å². The van der Waals surface area contributed by atoms with Gasteiger partial charge in [0.15, 0.2) is 5.78 Å². The summed E-state index contributed by atoms with van der Waals surface area (Å²) in [4.78, 5) is 24.4. The van der Waals surface area contributed by atoms with E-state index in [1.807, 2.05) is 43.5 Å². The van der Waals surface area contributed by atoms with Crippen LogP contribution in [0.1, 0.15) is 33.6 Å². The van der Waals surface area contributed by atoms with Gasteiger partial charge in [-0.1, -0.05) is 18.2 Å². The summed E-state index contributed by atoms with van der Waals surface area (Å²) >= 11 is 1.41. The van der Waals surface area contributed by atoms with Gasteiger partial charge in [-0.2, -0.15) is 0 Å². The lowest BCUT2D eigenvalue weighted by Crippen LogP contribution is -2.14. The minimum absolute atomic E-state index is 0.0242. The first-order chi connectivity index (χ1) is 9.56. The Morgan fingerprint density at radius 2 is 1.95 bits per heavy atom. The van der Waals surface area contributed by atoms with E-state index in [2.05, 4.69) is 5.32 Å². The first kappa shape index (κ1) is 14.5. The van der Waals surface area contributed by atoms with Gasteiger partial charge in [-0.3, -0.25) is 9.59 Å². The molecule has 3 nitrogen and oxygen atoms in total. The number of benzene rings is 1. The fourth-order valence-electron chi connectivity index (χ4n) is 1.87. The van der Waals surface area contributed by atoms with E-state index in [1.165, 1.54) is 11.3 Å². The largest absolute Gasteiger partial charge is 0.326 e. The van der Waals surface area contributed by atoms with Crippen molar-refractivity contribution in [3.63, 3.8) is 0 Å². The van der Waals surface area contributed by atoms with E-state index in [1.54, 1.807) is 6.07 Å². The third kappa shape index (κ3) is 3.78. The Morgan fingerprint density at radius 1 is 1.15 bits per heavy atom. The third-order valence-corrected chi connectivity index (χ3v) is 3.95. The minimum atomic E-state index is -0.122. The predicted octanol–water partition coefficient (Wildman–Crippen LogP) is 3.97. The van der Waals surface area contributed by atoms with Crippen molar-refractivity contribution in [2.45, 2.75) is 26.7 Å². The first-order valence-corrected chi connectivity index (χ1v) is 7.38. The minimum Gasteiger partial charge on any atom is -0.326 e. The zero-order valence-corrected chi connectivity index (χ0v) is 12.4. The van der Waals surface area contributed by atoms with Crippen LogP contribution in [0.2, 0.25) is 0 Å². The molecule has 1 heterocycles. The lowest BCUT2D eigenvalue weighted by Gasteiger charge is -2.09. The van der Waals surface area contributed by atoms with Crippen molar-refractivity contribution in [1.82, 2.24) is 0 Å². The summed E-state index contributed by atoms with van der Waals surface area (Å²) in [5.41, 5.74) is 2.94. The SMILES string of the molecule is Cc1ccc(C)c(NC(=O)CCC(=O)c2cccs2)c1. The zero-order valence-electron chi connectivity index (χ0n) is 11.6. The van der Waals surface area contributed by atoms with Crippen molar-refractivity contribution in [3.8, 4) is 0 Å². The normalized spacial score (nSPS) is 10.3. The highest BCUT2D eigenvalue weighted by molar-refractivity contribution is 7.12. The van der Waals surface area contributed by atoms with E-state index in [4.69, 9.17) is 0 Å². The maximum Gasteiger partial charge on any atom is 0.224 e. The number of hydrogen-bond acceptors (Lipinski definition) is 3. The van der Waals surface area contributed by atoms with Gasteiger partial charge in [-0.15, -0.1) is 11.3 Å². The molecule has 0 saturated carbocycles.